The second-order valence-corrected chi connectivity index (χ2v) is 5.71. The highest BCUT2D eigenvalue weighted by Gasteiger charge is 2.14. The van der Waals surface area contributed by atoms with Crippen LogP contribution in [0.5, 0.6) is 5.75 Å². The zero-order valence-corrected chi connectivity index (χ0v) is 12.5. The van der Waals surface area contributed by atoms with Crippen molar-refractivity contribution >= 4 is 21.8 Å². The zero-order chi connectivity index (χ0) is 15.1. The summed E-state index contributed by atoms with van der Waals surface area (Å²) in [7, 11) is 0. The fraction of sp³-hybridized carbons (Fsp3) is 0.100. The summed E-state index contributed by atoms with van der Waals surface area (Å²) < 4.78 is 2.30. The quantitative estimate of drug-likeness (QED) is 0.560. The summed E-state index contributed by atoms with van der Waals surface area (Å²) in [4.78, 5) is 0. The van der Waals surface area contributed by atoms with E-state index in [1.807, 2.05) is 12.1 Å². The van der Waals surface area contributed by atoms with Crippen LogP contribution in [0.4, 0.5) is 0 Å². The Morgan fingerprint density at radius 3 is 2.45 bits per heavy atom. The molecule has 108 valence electrons. The van der Waals surface area contributed by atoms with E-state index < -0.39 is 0 Å². The van der Waals surface area contributed by atoms with Crippen LogP contribution in [0.25, 0.3) is 21.8 Å². The van der Waals surface area contributed by atoms with E-state index in [4.69, 9.17) is 0 Å². The van der Waals surface area contributed by atoms with Crippen LogP contribution in [-0.4, -0.2) is 9.67 Å². The fourth-order valence-corrected chi connectivity index (χ4v) is 3.30. The average molecular weight is 287 g/mol. The molecule has 3 aromatic carbocycles. The number of phenolic OH excluding ortho intramolecular Hbond substituents is 1. The van der Waals surface area contributed by atoms with Gasteiger partial charge < -0.3 is 9.67 Å². The molecule has 1 N–H and O–H groups in total. The highest BCUT2D eigenvalue weighted by molar-refractivity contribution is 6.11. The van der Waals surface area contributed by atoms with E-state index in [9.17, 15) is 5.11 Å². The minimum atomic E-state index is 0.347. The van der Waals surface area contributed by atoms with Crippen LogP contribution in [-0.2, 0) is 6.54 Å². The van der Waals surface area contributed by atoms with Crippen LogP contribution in [0.1, 0.15) is 11.1 Å². The number of hydrogen-bond donors (Lipinski definition) is 1. The number of para-hydroxylation sites is 1. The van der Waals surface area contributed by atoms with Crippen molar-refractivity contribution in [2.24, 2.45) is 0 Å². The molecule has 0 bridgehead atoms. The van der Waals surface area contributed by atoms with Gasteiger partial charge in [0.15, 0.2) is 0 Å². The molecular formula is C20H17NO. The molecule has 0 aliphatic rings. The van der Waals surface area contributed by atoms with Gasteiger partial charge in [0, 0.05) is 17.3 Å². The van der Waals surface area contributed by atoms with Crippen molar-refractivity contribution in [1.82, 2.24) is 4.57 Å². The van der Waals surface area contributed by atoms with Gasteiger partial charge in [0.05, 0.1) is 11.0 Å². The molecule has 0 atom stereocenters. The summed E-state index contributed by atoms with van der Waals surface area (Å²) in [5, 5.41) is 12.4. The second kappa shape index (κ2) is 4.92. The number of hydrogen-bond acceptors (Lipinski definition) is 1. The lowest BCUT2D eigenvalue weighted by atomic mass is 10.1. The van der Waals surface area contributed by atoms with Gasteiger partial charge in [0.25, 0.3) is 0 Å². The third-order valence-corrected chi connectivity index (χ3v) is 4.27. The Balaban J connectivity index is 2.08. The van der Waals surface area contributed by atoms with E-state index in [1.54, 1.807) is 6.07 Å². The number of aromatic hydroxyl groups is 1. The lowest BCUT2D eigenvalue weighted by Crippen LogP contribution is -2.00. The molecule has 4 aromatic rings. The number of rotatable bonds is 2. The normalized spacial score (nSPS) is 11.3. The van der Waals surface area contributed by atoms with E-state index in [0.717, 1.165) is 22.8 Å². The Morgan fingerprint density at radius 2 is 1.64 bits per heavy atom. The summed E-state index contributed by atoms with van der Waals surface area (Å²) in [6, 6.07) is 22.5. The van der Waals surface area contributed by atoms with Gasteiger partial charge in [0.2, 0.25) is 0 Å². The molecule has 0 spiro atoms. The van der Waals surface area contributed by atoms with Gasteiger partial charge in [-0.15, -0.1) is 0 Å². The maximum Gasteiger partial charge on any atom is 0.125 e. The summed E-state index contributed by atoms with van der Waals surface area (Å²) in [5.41, 5.74) is 4.76. The van der Waals surface area contributed by atoms with Crippen LogP contribution in [0.2, 0.25) is 0 Å². The standard InChI is InChI=1S/C20H17NO/c1-14-7-5-10-16-19-17(11-6-12-18(19)22)21(20(14)16)13-15-8-3-2-4-9-15/h2-12,22H,13H2,1H3. The summed E-state index contributed by atoms with van der Waals surface area (Å²) in [6.45, 7) is 2.93. The predicted octanol–water partition coefficient (Wildman–Crippen LogP) is 4.86. The first-order chi connectivity index (χ1) is 10.8. The van der Waals surface area contributed by atoms with Crippen molar-refractivity contribution in [2.45, 2.75) is 13.5 Å². The van der Waals surface area contributed by atoms with Crippen molar-refractivity contribution in [3.63, 3.8) is 0 Å². The molecule has 0 aliphatic carbocycles. The minimum Gasteiger partial charge on any atom is -0.507 e. The number of nitrogens with zero attached hydrogens (tertiary/aromatic N) is 1. The number of aromatic nitrogens is 1. The highest BCUT2D eigenvalue weighted by Crippen LogP contribution is 2.36. The summed E-state index contributed by atoms with van der Waals surface area (Å²) >= 11 is 0. The first kappa shape index (κ1) is 13.0. The fourth-order valence-electron chi connectivity index (χ4n) is 3.30. The average Bonchev–Trinajstić information content (AvgIpc) is 2.85. The zero-order valence-electron chi connectivity index (χ0n) is 12.5. The van der Waals surface area contributed by atoms with Crippen molar-refractivity contribution in [1.29, 1.82) is 0 Å². The molecule has 1 heterocycles. The topological polar surface area (TPSA) is 25.2 Å². The molecule has 4 rings (SSSR count). The van der Waals surface area contributed by atoms with E-state index in [-0.39, 0.29) is 0 Å². The third-order valence-electron chi connectivity index (χ3n) is 4.27. The Hall–Kier alpha value is -2.74. The van der Waals surface area contributed by atoms with Gasteiger partial charge in [-0.25, -0.2) is 0 Å². The molecular weight excluding hydrogens is 270 g/mol. The number of phenols is 1. The Kier molecular flexibility index (Phi) is 2.90. The lowest BCUT2D eigenvalue weighted by Gasteiger charge is -2.09. The van der Waals surface area contributed by atoms with Crippen LogP contribution in [0.3, 0.4) is 0 Å². The van der Waals surface area contributed by atoms with Crippen LogP contribution < -0.4 is 0 Å². The summed E-state index contributed by atoms with van der Waals surface area (Å²) in [6.07, 6.45) is 0. The maximum atomic E-state index is 10.3. The molecule has 0 unspecified atom stereocenters. The van der Waals surface area contributed by atoms with E-state index in [2.05, 4.69) is 60.0 Å². The molecule has 0 aliphatic heterocycles. The number of fused-ring (bicyclic) bond motifs is 3. The van der Waals surface area contributed by atoms with Gasteiger partial charge in [0.1, 0.15) is 5.75 Å². The van der Waals surface area contributed by atoms with Gasteiger partial charge in [-0.2, -0.15) is 0 Å². The SMILES string of the molecule is Cc1cccc2c3c(O)cccc3n(Cc3ccccc3)c12. The monoisotopic (exact) mass is 287 g/mol. The van der Waals surface area contributed by atoms with Crippen LogP contribution in [0, 0.1) is 6.92 Å². The first-order valence-corrected chi connectivity index (χ1v) is 7.49. The molecule has 2 nitrogen and oxygen atoms in total. The van der Waals surface area contributed by atoms with E-state index in [1.165, 1.54) is 16.6 Å². The van der Waals surface area contributed by atoms with Gasteiger partial charge in [-0.05, 0) is 30.2 Å². The smallest absolute Gasteiger partial charge is 0.125 e. The van der Waals surface area contributed by atoms with Gasteiger partial charge >= 0.3 is 0 Å². The Bertz CT molecular complexity index is 967. The van der Waals surface area contributed by atoms with Gasteiger partial charge in [-0.3, -0.25) is 0 Å². The highest BCUT2D eigenvalue weighted by atomic mass is 16.3. The molecule has 0 amide bonds. The van der Waals surface area contributed by atoms with E-state index in [0.29, 0.717) is 5.75 Å². The van der Waals surface area contributed by atoms with Crippen molar-refractivity contribution < 1.29 is 5.11 Å². The Morgan fingerprint density at radius 1 is 0.864 bits per heavy atom. The molecule has 22 heavy (non-hydrogen) atoms. The number of aryl methyl sites for hydroxylation is 1. The molecule has 0 saturated carbocycles. The minimum absolute atomic E-state index is 0.347. The largest absolute Gasteiger partial charge is 0.507 e. The van der Waals surface area contributed by atoms with Gasteiger partial charge in [-0.1, -0.05) is 54.6 Å². The Labute approximate surface area is 129 Å². The second-order valence-electron chi connectivity index (χ2n) is 5.71. The first-order valence-electron chi connectivity index (χ1n) is 7.49. The third kappa shape index (κ3) is 1.88. The predicted molar refractivity (Wildman–Crippen MR) is 91.4 cm³/mol. The lowest BCUT2D eigenvalue weighted by molar-refractivity contribution is 0.482. The van der Waals surface area contributed by atoms with Crippen LogP contribution in [0.15, 0.2) is 66.7 Å². The molecule has 0 radical (unpaired) electrons. The van der Waals surface area contributed by atoms with Crippen molar-refractivity contribution in [3.8, 4) is 5.75 Å². The number of benzene rings is 3. The molecule has 0 fully saturated rings. The maximum absolute atomic E-state index is 10.3. The van der Waals surface area contributed by atoms with E-state index >= 15 is 0 Å². The molecule has 2 heteroatoms. The molecule has 0 saturated heterocycles. The van der Waals surface area contributed by atoms with Crippen molar-refractivity contribution in [3.05, 3.63) is 77.9 Å². The molecule has 1 aromatic heterocycles. The van der Waals surface area contributed by atoms with Crippen molar-refractivity contribution in [2.75, 3.05) is 0 Å². The van der Waals surface area contributed by atoms with Crippen LogP contribution >= 0.6 is 0 Å². The summed E-state index contributed by atoms with van der Waals surface area (Å²) in [5.74, 6) is 0.347.